The van der Waals surface area contributed by atoms with E-state index in [0.29, 0.717) is 54.0 Å². The Hall–Kier alpha value is -4.08. The van der Waals surface area contributed by atoms with Gasteiger partial charge in [-0.1, -0.05) is 18.6 Å². The zero-order valence-corrected chi connectivity index (χ0v) is 21.8. The van der Waals surface area contributed by atoms with Crippen LogP contribution in [0.1, 0.15) is 48.1 Å². The first-order valence-electron chi connectivity index (χ1n) is 12.3. The maximum Gasteiger partial charge on any atom is 0.331 e. The fourth-order valence-electron chi connectivity index (χ4n) is 4.81. The smallest absolute Gasteiger partial charge is 0.331 e. The summed E-state index contributed by atoms with van der Waals surface area (Å²) in [5.41, 5.74) is 1.49. The van der Waals surface area contributed by atoms with E-state index in [-0.39, 0.29) is 41.1 Å². The zero-order valence-electron chi connectivity index (χ0n) is 21.8. The van der Waals surface area contributed by atoms with Gasteiger partial charge in [-0.3, -0.25) is 23.5 Å². The van der Waals surface area contributed by atoms with E-state index in [9.17, 15) is 19.2 Å². The number of carbonyl (C=O) groups is 2. The van der Waals surface area contributed by atoms with Crippen molar-refractivity contribution in [1.82, 2.24) is 14.0 Å². The van der Waals surface area contributed by atoms with E-state index in [2.05, 4.69) is 5.32 Å². The van der Waals surface area contributed by atoms with Crippen LogP contribution in [0.25, 0.3) is 10.9 Å². The van der Waals surface area contributed by atoms with Crippen LogP contribution in [0, 0.1) is 6.92 Å². The van der Waals surface area contributed by atoms with Crippen LogP contribution >= 0.6 is 0 Å². The van der Waals surface area contributed by atoms with Gasteiger partial charge in [-0.2, -0.15) is 0 Å². The highest BCUT2D eigenvalue weighted by atomic mass is 16.5. The lowest BCUT2D eigenvalue weighted by Crippen LogP contribution is -2.46. The topological polar surface area (TPSA) is 112 Å². The van der Waals surface area contributed by atoms with Gasteiger partial charge in [0, 0.05) is 38.7 Å². The molecule has 2 aromatic carbocycles. The van der Waals surface area contributed by atoms with Crippen LogP contribution in [0.15, 0.2) is 39.9 Å². The Morgan fingerprint density at radius 2 is 1.68 bits per heavy atom. The Kier molecular flexibility index (Phi) is 7.37. The standard InChI is InChI=1S/C27H32N4O6/c1-6-24(32)28-20-15-23(37-5)22(36-4)14-18(20)25(33)30-11-9-17(10-12-30)31-26(34)19-13-16(2)7-8-21(19)29(3)27(31)35/h7-8,13-15,17H,6,9-12H2,1-5H3,(H,28,32). The van der Waals surface area contributed by atoms with E-state index >= 15 is 0 Å². The van der Waals surface area contributed by atoms with Crippen LogP contribution in [0.5, 0.6) is 11.5 Å². The molecular formula is C27H32N4O6. The van der Waals surface area contributed by atoms with Crippen molar-refractivity contribution in [1.29, 1.82) is 0 Å². The molecule has 0 aliphatic carbocycles. The molecule has 2 amide bonds. The van der Waals surface area contributed by atoms with Gasteiger partial charge in [0.25, 0.3) is 11.5 Å². The summed E-state index contributed by atoms with van der Waals surface area (Å²) < 4.78 is 13.5. The fraction of sp³-hybridized carbons (Fsp3) is 0.407. The molecule has 2 heterocycles. The Labute approximate surface area is 214 Å². The SMILES string of the molecule is CCC(=O)Nc1cc(OC)c(OC)cc1C(=O)N1CCC(n2c(=O)c3cc(C)ccc3n(C)c2=O)CC1. The molecule has 1 fully saturated rings. The third kappa shape index (κ3) is 4.83. The number of carbonyl (C=O) groups excluding carboxylic acids is 2. The van der Waals surface area contributed by atoms with Gasteiger partial charge in [-0.05, 0) is 38.0 Å². The summed E-state index contributed by atoms with van der Waals surface area (Å²) in [6, 6.07) is 8.27. The average Bonchev–Trinajstić information content (AvgIpc) is 2.91. The number of methoxy groups -OCH3 is 2. The third-order valence-electron chi connectivity index (χ3n) is 6.92. The minimum atomic E-state index is -0.365. The summed E-state index contributed by atoms with van der Waals surface area (Å²) >= 11 is 0. The largest absolute Gasteiger partial charge is 0.493 e. The molecule has 10 nitrogen and oxygen atoms in total. The predicted molar refractivity (Wildman–Crippen MR) is 141 cm³/mol. The van der Waals surface area contributed by atoms with Crippen molar-refractivity contribution in [3.8, 4) is 11.5 Å². The Balaban J connectivity index is 1.62. The normalized spacial score (nSPS) is 14.0. The number of aryl methyl sites for hydroxylation is 2. The summed E-state index contributed by atoms with van der Waals surface area (Å²) in [6.45, 7) is 4.33. The van der Waals surface area contributed by atoms with Gasteiger partial charge in [-0.15, -0.1) is 0 Å². The van der Waals surface area contributed by atoms with Crippen molar-refractivity contribution < 1.29 is 19.1 Å². The highest BCUT2D eigenvalue weighted by Crippen LogP contribution is 2.35. The second-order valence-corrected chi connectivity index (χ2v) is 9.22. The van der Waals surface area contributed by atoms with Crippen LogP contribution in [-0.4, -0.2) is 53.2 Å². The van der Waals surface area contributed by atoms with Gasteiger partial charge >= 0.3 is 5.69 Å². The number of ether oxygens (including phenoxy) is 2. The number of nitrogens with zero attached hydrogens (tertiary/aromatic N) is 3. The van der Waals surface area contributed by atoms with E-state index in [0.717, 1.165) is 5.56 Å². The molecule has 196 valence electrons. The van der Waals surface area contributed by atoms with Gasteiger partial charge in [0.05, 0.1) is 36.4 Å². The molecule has 0 bridgehead atoms. The molecule has 1 aliphatic rings. The van der Waals surface area contributed by atoms with Crippen LogP contribution < -0.4 is 26.0 Å². The summed E-state index contributed by atoms with van der Waals surface area (Å²) in [7, 11) is 4.62. The molecule has 1 aromatic heterocycles. The van der Waals surface area contributed by atoms with Crippen molar-refractivity contribution in [3.05, 3.63) is 62.3 Å². The Morgan fingerprint density at radius 3 is 2.30 bits per heavy atom. The van der Waals surface area contributed by atoms with Crippen LogP contribution in [0.3, 0.4) is 0 Å². The van der Waals surface area contributed by atoms with Gasteiger partial charge < -0.3 is 19.7 Å². The fourth-order valence-corrected chi connectivity index (χ4v) is 4.81. The van der Waals surface area contributed by atoms with Crippen molar-refractivity contribution >= 4 is 28.4 Å². The molecule has 0 unspecified atom stereocenters. The number of benzene rings is 2. The average molecular weight is 509 g/mol. The molecule has 37 heavy (non-hydrogen) atoms. The van der Waals surface area contributed by atoms with Crippen molar-refractivity contribution in [2.75, 3.05) is 32.6 Å². The number of rotatable bonds is 6. The maximum atomic E-state index is 13.5. The molecule has 1 aliphatic heterocycles. The monoisotopic (exact) mass is 508 g/mol. The maximum absolute atomic E-state index is 13.5. The number of anilines is 1. The molecular weight excluding hydrogens is 476 g/mol. The second kappa shape index (κ2) is 10.5. The van der Waals surface area contributed by atoms with E-state index in [1.54, 1.807) is 43.1 Å². The number of amides is 2. The molecule has 0 atom stereocenters. The molecule has 1 saturated heterocycles. The predicted octanol–water partition coefficient (Wildman–Crippen LogP) is 2.85. The molecule has 0 saturated carbocycles. The lowest BCUT2D eigenvalue weighted by molar-refractivity contribution is -0.115. The molecule has 3 aromatic rings. The number of fused-ring (bicyclic) bond motifs is 1. The molecule has 10 heteroatoms. The third-order valence-corrected chi connectivity index (χ3v) is 6.92. The zero-order chi connectivity index (χ0) is 26.9. The van der Waals surface area contributed by atoms with E-state index in [1.165, 1.54) is 23.4 Å². The Morgan fingerprint density at radius 1 is 1.03 bits per heavy atom. The van der Waals surface area contributed by atoms with Crippen molar-refractivity contribution in [2.45, 2.75) is 39.2 Å². The highest BCUT2D eigenvalue weighted by molar-refractivity contribution is 6.04. The van der Waals surface area contributed by atoms with E-state index in [1.807, 2.05) is 13.0 Å². The van der Waals surface area contributed by atoms with Crippen LogP contribution in [0.4, 0.5) is 5.69 Å². The summed E-state index contributed by atoms with van der Waals surface area (Å²) in [5, 5.41) is 3.27. The van der Waals surface area contributed by atoms with Crippen molar-refractivity contribution in [2.24, 2.45) is 7.05 Å². The number of aromatic nitrogens is 2. The lowest BCUT2D eigenvalue weighted by Gasteiger charge is -2.33. The minimum absolute atomic E-state index is 0.235. The van der Waals surface area contributed by atoms with Crippen molar-refractivity contribution in [3.63, 3.8) is 0 Å². The van der Waals surface area contributed by atoms with Gasteiger partial charge in [0.2, 0.25) is 5.91 Å². The minimum Gasteiger partial charge on any atom is -0.493 e. The molecule has 0 radical (unpaired) electrons. The number of piperidine rings is 1. The number of hydrogen-bond donors (Lipinski definition) is 1. The summed E-state index contributed by atoms with van der Waals surface area (Å²) in [6.07, 6.45) is 1.15. The van der Waals surface area contributed by atoms with Crippen LogP contribution in [-0.2, 0) is 11.8 Å². The summed E-state index contributed by atoms with van der Waals surface area (Å²) in [4.78, 5) is 53.7. The molecule has 1 N–H and O–H groups in total. The summed E-state index contributed by atoms with van der Waals surface area (Å²) in [5.74, 6) is 0.254. The van der Waals surface area contributed by atoms with E-state index < -0.39 is 0 Å². The van der Waals surface area contributed by atoms with E-state index in [4.69, 9.17) is 9.47 Å². The number of nitrogens with one attached hydrogen (secondary N) is 1. The molecule has 0 spiro atoms. The Bertz CT molecular complexity index is 1480. The molecule has 4 rings (SSSR count). The van der Waals surface area contributed by atoms with Crippen LogP contribution in [0.2, 0.25) is 0 Å². The number of hydrogen-bond acceptors (Lipinski definition) is 6. The van der Waals surface area contributed by atoms with Gasteiger partial charge in [0.15, 0.2) is 11.5 Å². The second-order valence-electron chi connectivity index (χ2n) is 9.22. The van der Waals surface area contributed by atoms with Gasteiger partial charge in [0.1, 0.15) is 0 Å². The number of likely N-dealkylation sites (tertiary alicyclic amines) is 1. The first kappa shape index (κ1) is 26.0. The highest BCUT2D eigenvalue weighted by Gasteiger charge is 2.29. The first-order valence-corrected chi connectivity index (χ1v) is 12.3. The van der Waals surface area contributed by atoms with Gasteiger partial charge in [-0.25, -0.2) is 4.79 Å². The first-order chi connectivity index (χ1) is 17.7. The lowest BCUT2D eigenvalue weighted by atomic mass is 10.0. The quantitative estimate of drug-likeness (QED) is 0.548.